The first kappa shape index (κ1) is 22.1. The van der Waals surface area contributed by atoms with E-state index in [1.807, 2.05) is 0 Å². The van der Waals surface area contributed by atoms with Crippen LogP contribution in [0.5, 0.6) is 5.75 Å². The average Bonchev–Trinajstić information content (AvgIpc) is 3.02. The number of carbonyl (C=O) groups is 1. The van der Waals surface area contributed by atoms with E-state index in [1.165, 1.54) is 23.6 Å². The van der Waals surface area contributed by atoms with Gasteiger partial charge in [0.05, 0.1) is 0 Å². The van der Waals surface area contributed by atoms with Gasteiger partial charge in [0.25, 0.3) is 0 Å². The molecule has 0 unspecified atom stereocenters. The number of benzene rings is 1. The first-order valence-corrected chi connectivity index (χ1v) is 10.9. The first-order valence-electron chi connectivity index (χ1n) is 8.39. The fraction of sp³-hybridized carbons (Fsp3) is 0.150. The molecule has 1 aromatic carbocycles. The molecular formula is C20H14BrF3N2O3Se. The zero-order chi connectivity index (χ0) is 21.9. The standard InChI is InChI=1S/C20H14BrF3N2O3Se/c1-29-17-11-13(19(27)28)6-7-15(17)25-8-2-4-12-10-16-14(21)5-3-9-26(16)18(12)30-20(22,23)24/h3,5-7,9-11,25H,8H2,1H3,(H,27,28). The molecule has 0 spiro atoms. The van der Waals surface area contributed by atoms with E-state index in [1.54, 1.807) is 30.5 Å². The summed E-state index contributed by atoms with van der Waals surface area (Å²) < 4.78 is 46.8. The molecule has 0 aliphatic rings. The summed E-state index contributed by atoms with van der Waals surface area (Å²) in [6.45, 7) is 0.134. The SMILES string of the molecule is COc1cc(C(=O)O)ccc1NCC#Cc1cc2c(Br)cccn2c1[Se]C(F)(F)F. The van der Waals surface area contributed by atoms with Crippen molar-refractivity contribution >= 4 is 52.7 Å². The fourth-order valence-electron chi connectivity index (χ4n) is 2.69. The van der Waals surface area contributed by atoms with Gasteiger partial charge in [-0.2, -0.15) is 0 Å². The Morgan fingerprint density at radius 2 is 2.10 bits per heavy atom. The molecule has 10 heteroatoms. The van der Waals surface area contributed by atoms with E-state index < -0.39 is 26.0 Å². The predicted molar refractivity (Wildman–Crippen MR) is 112 cm³/mol. The van der Waals surface area contributed by atoms with E-state index in [-0.39, 0.29) is 16.7 Å². The minimum atomic E-state index is -4.31. The Kier molecular flexibility index (Phi) is 6.66. The maximum atomic E-state index is 13.1. The van der Waals surface area contributed by atoms with Crippen LogP contribution in [0.25, 0.3) is 5.52 Å². The van der Waals surface area contributed by atoms with Crippen LogP contribution in [0.4, 0.5) is 18.9 Å². The number of nitrogens with one attached hydrogen (secondary N) is 1. The van der Waals surface area contributed by atoms with Crippen LogP contribution in [-0.2, 0) is 0 Å². The number of ether oxygens (including phenoxy) is 1. The Bertz CT molecular complexity index is 1170. The summed E-state index contributed by atoms with van der Waals surface area (Å²) in [6, 6.07) is 9.39. The number of rotatable bonds is 5. The van der Waals surface area contributed by atoms with Crippen molar-refractivity contribution < 1.29 is 27.8 Å². The molecule has 30 heavy (non-hydrogen) atoms. The molecule has 0 saturated heterocycles. The van der Waals surface area contributed by atoms with Crippen molar-refractivity contribution in [1.29, 1.82) is 0 Å². The second kappa shape index (κ2) is 9.04. The number of fused-ring (bicyclic) bond motifs is 1. The fourth-order valence-corrected chi connectivity index (χ4v) is 4.61. The Hall–Kier alpha value is -2.60. The van der Waals surface area contributed by atoms with Crippen LogP contribution in [0, 0.1) is 11.8 Å². The Balaban J connectivity index is 1.85. The Morgan fingerprint density at radius 3 is 2.77 bits per heavy atom. The zero-order valence-corrected chi connectivity index (χ0v) is 18.7. The molecule has 0 bridgehead atoms. The number of aromatic carboxylic acids is 1. The van der Waals surface area contributed by atoms with Crippen LogP contribution in [0.15, 0.2) is 47.1 Å². The average molecular weight is 546 g/mol. The van der Waals surface area contributed by atoms with Crippen molar-refractivity contribution in [2.45, 2.75) is 5.07 Å². The third kappa shape index (κ3) is 5.11. The second-order valence-corrected chi connectivity index (χ2v) is 8.96. The molecule has 0 fully saturated rings. The molecule has 156 valence electrons. The van der Waals surface area contributed by atoms with Gasteiger partial charge in [-0.3, -0.25) is 0 Å². The third-order valence-electron chi connectivity index (χ3n) is 3.96. The maximum absolute atomic E-state index is 13.1. The van der Waals surface area contributed by atoms with Crippen molar-refractivity contribution in [3.05, 3.63) is 58.2 Å². The van der Waals surface area contributed by atoms with Crippen LogP contribution < -0.4 is 14.6 Å². The monoisotopic (exact) mass is 546 g/mol. The first-order chi connectivity index (χ1) is 14.2. The number of anilines is 1. The van der Waals surface area contributed by atoms with Crippen molar-refractivity contribution in [2.75, 3.05) is 19.0 Å². The molecule has 0 amide bonds. The number of carboxylic acids is 1. The van der Waals surface area contributed by atoms with Gasteiger partial charge in [-0.25, -0.2) is 0 Å². The number of halogens is 4. The van der Waals surface area contributed by atoms with Gasteiger partial charge in [-0.1, -0.05) is 0 Å². The second-order valence-electron chi connectivity index (χ2n) is 5.90. The third-order valence-corrected chi connectivity index (χ3v) is 6.40. The van der Waals surface area contributed by atoms with Crippen molar-refractivity contribution in [2.24, 2.45) is 0 Å². The van der Waals surface area contributed by atoms with Crippen molar-refractivity contribution in [1.82, 2.24) is 4.40 Å². The number of hydrogen-bond acceptors (Lipinski definition) is 3. The molecule has 0 aliphatic heterocycles. The number of methoxy groups -OCH3 is 1. The Morgan fingerprint density at radius 1 is 1.33 bits per heavy atom. The van der Waals surface area contributed by atoms with Gasteiger partial charge in [0.1, 0.15) is 0 Å². The van der Waals surface area contributed by atoms with Crippen LogP contribution >= 0.6 is 15.9 Å². The van der Waals surface area contributed by atoms with Gasteiger partial charge < -0.3 is 0 Å². The molecule has 0 saturated carbocycles. The molecule has 3 rings (SSSR count). The van der Waals surface area contributed by atoms with Crippen LogP contribution in [0.1, 0.15) is 15.9 Å². The zero-order valence-electron chi connectivity index (χ0n) is 15.4. The van der Waals surface area contributed by atoms with Crippen LogP contribution in [0.2, 0.25) is 0 Å². The van der Waals surface area contributed by atoms with Gasteiger partial charge >= 0.3 is 185 Å². The number of carboxylic acid groups (broad SMARTS) is 1. The molecule has 0 aliphatic carbocycles. The van der Waals surface area contributed by atoms with E-state index >= 15 is 0 Å². The summed E-state index contributed by atoms with van der Waals surface area (Å²) in [5.74, 6) is 4.89. The van der Waals surface area contributed by atoms with Crippen LogP contribution in [-0.4, -0.2) is 49.2 Å². The number of aromatic nitrogens is 1. The van der Waals surface area contributed by atoms with E-state index in [9.17, 15) is 18.0 Å². The number of nitrogens with zero attached hydrogens (tertiary/aromatic N) is 1. The van der Waals surface area contributed by atoms with Crippen molar-refractivity contribution in [3.63, 3.8) is 0 Å². The molecule has 2 N–H and O–H groups in total. The number of alkyl halides is 3. The Labute approximate surface area is 184 Å². The van der Waals surface area contributed by atoms with Gasteiger partial charge in [-0.15, -0.1) is 0 Å². The summed E-state index contributed by atoms with van der Waals surface area (Å²) in [5.41, 5.74) is 1.53. The van der Waals surface area contributed by atoms with Gasteiger partial charge in [0.2, 0.25) is 0 Å². The minimum absolute atomic E-state index is 0.0774. The van der Waals surface area contributed by atoms with Crippen LogP contribution in [0.3, 0.4) is 0 Å². The van der Waals surface area contributed by atoms with E-state index in [0.29, 0.717) is 27.0 Å². The summed E-state index contributed by atoms with van der Waals surface area (Å²) in [5, 5.41) is 7.72. The number of pyridine rings is 1. The number of hydrogen-bond donors (Lipinski definition) is 2. The molecule has 5 nitrogen and oxygen atoms in total. The molecule has 0 atom stereocenters. The summed E-state index contributed by atoms with van der Waals surface area (Å²) in [7, 11) is 1.41. The van der Waals surface area contributed by atoms with E-state index in [2.05, 4.69) is 33.1 Å². The molecule has 2 aromatic heterocycles. The van der Waals surface area contributed by atoms with E-state index in [4.69, 9.17) is 9.84 Å². The molecule has 0 radical (unpaired) electrons. The quantitative estimate of drug-likeness (QED) is 0.379. The summed E-state index contributed by atoms with van der Waals surface area (Å²) in [6.07, 6.45) is 1.58. The topological polar surface area (TPSA) is 63.0 Å². The van der Waals surface area contributed by atoms with Gasteiger partial charge in [-0.05, 0) is 0 Å². The van der Waals surface area contributed by atoms with Crippen molar-refractivity contribution in [3.8, 4) is 17.6 Å². The van der Waals surface area contributed by atoms with E-state index in [0.717, 1.165) is 0 Å². The molecule has 2 heterocycles. The normalized spacial score (nSPS) is 11.1. The van der Waals surface area contributed by atoms with Gasteiger partial charge in [0.15, 0.2) is 0 Å². The van der Waals surface area contributed by atoms with Gasteiger partial charge in [0, 0.05) is 0 Å². The molecular weight excluding hydrogens is 532 g/mol. The predicted octanol–water partition coefficient (Wildman–Crippen LogP) is 3.72. The molecule has 3 aromatic rings. The summed E-state index contributed by atoms with van der Waals surface area (Å²) >= 11 is 1.60. The summed E-state index contributed by atoms with van der Waals surface area (Å²) in [4.78, 5) is 11.0.